The first-order chi connectivity index (χ1) is 8.24. The van der Waals surface area contributed by atoms with Crippen molar-refractivity contribution in [3.63, 3.8) is 0 Å². The summed E-state index contributed by atoms with van der Waals surface area (Å²) in [5.74, 6) is 3.14. The van der Waals surface area contributed by atoms with E-state index in [2.05, 4.69) is 40.1 Å². The lowest BCUT2D eigenvalue weighted by Gasteiger charge is -2.14. The van der Waals surface area contributed by atoms with E-state index in [1.165, 1.54) is 0 Å². The van der Waals surface area contributed by atoms with E-state index < -0.39 is 0 Å². The van der Waals surface area contributed by atoms with Crippen LogP contribution >= 0.6 is 35.3 Å². The van der Waals surface area contributed by atoms with E-state index in [1.807, 2.05) is 17.8 Å². The molecule has 0 saturated carbocycles. The molecule has 2 heterocycles. The van der Waals surface area contributed by atoms with Gasteiger partial charge in [0.2, 0.25) is 0 Å². The van der Waals surface area contributed by atoms with Gasteiger partial charge in [0.1, 0.15) is 0 Å². The van der Waals surface area contributed by atoms with Crippen LogP contribution < -0.4 is 0 Å². The quantitative estimate of drug-likeness (QED) is 0.844. The van der Waals surface area contributed by atoms with E-state index in [0.29, 0.717) is 10.8 Å². The minimum atomic E-state index is 0.364. The van der Waals surface area contributed by atoms with Crippen LogP contribution in [-0.4, -0.2) is 26.3 Å². The molecular weight excluding hydrogens is 270 g/mol. The zero-order valence-electron chi connectivity index (χ0n) is 9.84. The van der Waals surface area contributed by atoms with E-state index in [1.54, 1.807) is 11.3 Å². The van der Waals surface area contributed by atoms with Crippen molar-refractivity contribution in [3.05, 3.63) is 22.3 Å². The van der Waals surface area contributed by atoms with Crippen molar-refractivity contribution in [3.8, 4) is 10.7 Å². The SMILES string of the molecule is CCSCC(C)n1c(-c2cccs2)n[nH]c1=S. The number of hydrogen-bond acceptors (Lipinski definition) is 4. The van der Waals surface area contributed by atoms with E-state index in [0.717, 1.165) is 22.2 Å². The molecule has 0 radical (unpaired) electrons. The van der Waals surface area contributed by atoms with E-state index in [4.69, 9.17) is 12.2 Å². The number of thiophene rings is 1. The molecule has 2 aromatic rings. The second kappa shape index (κ2) is 5.84. The van der Waals surface area contributed by atoms with Crippen molar-refractivity contribution < 1.29 is 0 Å². The summed E-state index contributed by atoms with van der Waals surface area (Å²) in [5.41, 5.74) is 0. The summed E-state index contributed by atoms with van der Waals surface area (Å²) in [6, 6.07) is 4.47. The normalized spacial score (nSPS) is 12.8. The maximum absolute atomic E-state index is 5.31. The van der Waals surface area contributed by atoms with Crippen molar-refractivity contribution in [1.82, 2.24) is 14.8 Å². The Morgan fingerprint density at radius 1 is 1.65 bits per heavy atom. The van der Waals surface area contributed by atoms with E-state index in [9.17, 15) is 0 Å². The first kappa shape index (κ1) is 12.9. The summed E-state index contributed by atoms with van der Waals surface area (Å²) in [6.07, 6.45) is 0. The molecule has 0 bridgehead atoms. The minimum absolute atomic E-state index is 0.364. The van der Waals surface area contributed by atoms with Crippen molar-refractivity contribution in [1.29, 1.82) is 0 Å². The zero-order chi connectivity index (χ0) is 12.3. The van der Waals surface area contributed by atoms with Crippen LogP contribution in [0.1, 0.15) is 19.9 Å². The summed E-state index contributed by atoms with van der Waals surface area (Å²) in [5, 5.41) is 9.29. The lowest BCUT2D eigenvalue weighted by atomic mass is 10.3. The molecule has 0 amide bonds. The molecule has 0 aromatic carbocycles. The molecule has 0 spiro atoms. The third kappa shape index (κ3) is 2.81. The van der Waals surface area contributed by atoms with Gasteiger partial charge in [-0.1, -0.05) is 13.0 Å². The van der Waals surface area contributed by atoms with E-state index >= 15 is 0 Å². The standard InChI is InChI=1S/C11H15N3S3/c1-3-16-7-8(2)14-10(12-13-11(14)15)9-5-4-6-17-9/h4-6,8H,3,7H2,1-2H3,(H,13,15). The van der Waals surface area contributed by atoms with Crippen LogP contribution in [0, 0.1) is 4.77 Å². The third-order valence-corrected chi connectivity index (χ3v) is 4.73. The fourth-order valence-corrected chi connectivity index (χ4v) is 3.40. The summed E-state index contributed by atoms with van der Waals surface area (Å²) in [4.78, 5) is 1.16. The second-order valence-electron chi connectivity index (χ2n) is 3.71. The number of aromatic nitrogens is 3. The first-order valence-corrected chi connectivity index (χ1v) is 7.96. The third-order valence-electron chi connectivity index (χ3n) is 2.45. The molecular formula is C11H15N3S3. The van der Waals surface area contributed by atoms with Gasteiger partial charge in [-0.3, -0.25) is 9.67 Å². The van der Waals surface area contributed by atoms with Gasteiger partial charge in [-0.05, 0) is 36.3 Å². The van der Waals surface area contributed by atoms with Gasteiger partial charge in [0.25, 0.3) is 0 Å². The van der Waals surface area contributed by atoms with Crippen LogP contribution in [0.5, 0.6) is 0 Å². The highest BCUT2D eigenvalue weighted by Gasteiger charge is 2.14. The fourth-order valence-electron chi connectivity index (χ4n) is 1.66. The molecule has 1 atom stereocenters. The second-order valence-corrected chi connectivity index (χ2v) is 6.36. The van der Waals surface area contributed by atoms with Crippen LogP contribution in [0.4, 0.5) is 0 Å². The highest BCUT2D eigenvalue weighted by atomic mass is 32.2. The number of rotatable bonds is 5. The summed E-state index contributed by atoms with van der Waals surface area (Å²) in [6.45, 7) is 4.36. The molecule has 0 aliphatic heterocycles. The molecule has 3 nitrogen and oxygen atoms in total. The number of H-pyrrole nitrogens is 1. The Morgan fingerprint density at radius 3 is 3.12 bits per heavy atom. The van der Waals surface area contributed by atoms with Gasteiger partial charge in [-0.25, -0.2) is 0 Å². The maximum Gasteiger partial charge on any atom is 0.195 e. The van der Waals surface area contributed by atoms with Crippen LogP contribution in [0.2, 0.25) is 0 Å². The molecule has 6 heteroatoms. The van der Waals surface area contributed by atoms with Gasteiger partial charge in [0.15, 0.2) is 10.6 Å². The highest BCUT2D eigenvalue weighted by Crippen LogP contribution is 2.26. The monoisotopic (exact) mass is 285 g/mol. The Labute approximate surface area is 114 Å². The number of nitrogens with zero attached hydrogens (tertiary/aromatic N) is 2. The maximum atomic E-state index is 5.31. The first-order valence-electron chi connectivity index (χ1n) is 5.52. The average molecular weight is 285 g/mol. The molecule has 0 saturated heterocycles. The highest BCUT2D eigenvalue weighted by molar-refractivity contribution is 7.99. The smallest absolute Gasteiger partial charge is 0.195 e. The summed E-state index contributed by atoms with van der Waals surface area (Å²) in [7, 11) is 0. The molecule has 92 valence electrons. The molecule has 2 aromatic heterocycles. The average Bonchev–Trinajstić information content (AvgIpc) is 2.94. The Hall–Kier alpha value is -0.590. The van der Waals surface area contributed by atoms with Crippen molar-refractivity contribution in [2.75, 3.05) is 11.5 Å². The molecule has 1 N–H and O–H groups in total. The van der Waals surface area contributed by atoms with Gasteiger partial charge in [-0.2, -0.15) is 16.9 Å². The number of hydrogen-bond donors (Lipinski definition) is 1. The van der Waals surface area contributed by atoms with Crippen LogP contribution in [0.3, 0.4) is 0 Å². The van der Waals surface area contributed by atoms with Crippen molar-refractivity contribution in [2.24, 2.45) is 0 Å². The van der Waals surface area contributed by atoms with Gasteiger partial charge in [0, 0.05) is 11.8 Å². The topological polar surface area (TPSA) is 33.6 Å². The van der Waals surface area contributed by atoms with Gasteiger partial charge >= 0.3 is 0 Å². The number of thioether (sulfide) groups is 1. The van der Waals surface area contributed by atoms with Crippen LogP contribution in [0.15, 0.2) is 17.5 Å². The predicted molar refractivity (Wildman–Crippen MR) is 78.4 cm³/mol. The van der Waals surface area contributed by atoms with Gasteiger partial charge in [-0.15, -0.1) is 11.3 Å². The van der Waals surface area contributed by atoms with Crippen molar-refractivity contribution >= 4 is 35.3 Å². The Balaban J connectivity index is 2.33. The van der Waals surface area contributed by atoms with Gasteiger partial charge in [0.05, 0.1) is 4.88 Å². The fraction of sp³-hybridized carbons (Fsp3) is 0.455. The predicted octanol–water partition coefficient (Wildman–Crippen LogP) is 3.98. The largest absolute Gasteiger partial charge is 0.296 e. The van der Waals surface area contributed by atoms with Crippen LogP contribution in [-0.2, 0) is 0 Å². The number of nitrogens with one attached hydrogen (secondary N) is 1. The molecule has 0 aliphatic carbocycles. The molecule has 1 unspecified atom stereocenters. The summed E-state index contributed by atoms with van der Waals surface area (Å²) < 4.78 is 2.82. The molecule has 0 aliphatic rings. The Morgan fingerprint density at radius 2 is 2.47 bits per heavy atom. The molecule has 2 rings (SSSR count). The Kier molecular flexibility index (Phi) is 4.42. The lowest BCUT2D eigenvalue weighted by Crippen LogP contribution is -2.09. The Bertz CT molecular complexity index is 512. The minimum Gasteiger partial charge on any atom is -0.296 e. The van der Waals surface area contributed by atoms with Gasteiger partial charge < -0.3 is 0 Å². The summed E-state index contributed by atoms with van der Waals surface area (Å²) >= 11 is 8.93. The number of aromatic amines is 1. The zero-order valence-corrected chi connectivity index (χ0v) is 12.3. The van der Waals surface area contributed by atoms with Crippen molar-refractivity contribution in [2.45, 2.75) is 19.9 Å². The van der Waals surface area contributed by atoms with Crippen LogP contribution in [0.25, 0.3) is 10.7 Å². The molecule has 0 fully saturated rings. The molecule has 17 heavy (non-hydrogen) atoms. The van der Waals surface area contributed by atoms with E-state index in [-0.39, 0.29) is 0 Å². The lowest BCUT2D eigenvalue weighted by molar-refractivity contribution is 0.607.